The molecule has 3 amide bonds. The van der Waals surface area contributed by atoms with Gasteiger partial charge in [0.1, 0.15) is 5.71 Å². The highest BCUT2D eigenvalue weighted by molar-refractivity contribution is 6.39. The molecule has 1 fully saturated rings. The molecule has 1 aromatic rings. The number of aryl methyl sites for hydroxylation is 2. The molecule has 3 rings (SSSR count). The predicted molar refractivity (Wildman–Crippen MR) is 92.3 cm³/mol. The number of ether oxygens (including phenoxy) is 1. The maximum atomic E-state index is 13.2. The first-order valence-corrected chi connectivity index (χ1v) is 8.12. The summed E-state index contributed by atoms with van der Waals surface area (Å²) in [5.74, 6) is -2.25. The van der Waals surface area contributed by atoms with Crippen molar-refractivity contribution in [2.75, 3.05) is 12.0 Å². The monoisotopic (exact) mass is 357 g/mol. The SMILES string of the molecule is COC(=O)C1=NN(C(C)=O)[C@]2(CC(=O)N(c3cc(C)cc(C)c3)C2=O)C1. The number of hydrogen-bond donors (Lipinski definition) is 0. The van der Waals surface area contributed by atoms with Gasteiger partial charge in [-0.25, -0.2) is 14.7 Å². The molecular weight excluding hydrogens is 338 g/mol. The van der Waals surface area contributed by atoms with E-state index in [1.807, 2.05) is 19.9 Å². The average Bonchev–Trinajstić information content (AvgIpc) is 3.04. The molecule has 1 saturated heterocycles. The van der Waals surface area contributed by atoms with Crippen molar-refractivity contribution in [1.82, 2.24) is 5.01 Å². The van der Waals surface area contributed by atoms with Crippen molar-refractivity contribution < 1.29 is 23.9 Å². The van der Waals surface area contributed by atoms with Gasteiger partial charge in [0.2, 0.25) is 11.8 Å². The van der Waals surface area contributed by atoms with Gasteiger partial charge in [0.05, 0.1) is 19.2 Å². The Bertz CT molecular complexity index is 855. The van der Waals surface area contributed by atoms with E-state index in [1.165, 1.54) is 14.0 Å². The minimum absolute atomic E-state index is 0.0499. The number of amides is 3. The van der Waals surface area contributed by atoms with Crippen LogP contribution < -0.4 is 4.90 Å². The molecule has 136 valence electrons. The molecule has 0 saturated carbocycles. The number of hydrogen-bond acceptors (Lipinski definition) is 6. The van der Waals surface area contributed by atoms with Gasteiger partial charge < -0.3 is 4.74 Å². The standard InChI is InChI=1S/C18H19N3O5/c1-10-5-11(2)7-13(6-10)20-15(23)9-18(17(20)25)8-14(16(24)26-4)19-21(18)12(3)22/h5-7H,8-9H2,1-4H3/t18-/m0/s1. The quantitative estimate of drug-likeness (QED) is 0.583. The highest BCUT2D eigenvalue weighted by atomic mass is 16.5. The number of carbonyl (C=O) groups is 4. The fourth-order valence-electron chi connectivity index (χ4n) is 3.58. The Morgan fingerprint density at radius 1 is 1.12 bits per heavy atom. The van der Waals surface area contributed by atoms with Gasteiger partial charge in [0.25, 0.3) is 5.91 Å². The number of esters is 1. The van der Waals surface area contributed by atoms with E-state index in [1.54, 1.807) is 12.1 Å². The summed E-state index contributed by atoms with van der Waals surface area (Å²) in [6.07, 6.45) is -0.381. The summed E-state index contributed by atoms with van der Waals surface area (Å²) >= 11 is 0. The minimum atomic E-state index is -1.51. The van der Waals surface area contributed by atoms with Gasteiger partial charge in [0.15, 0.2) is 5.54 Å². The number of hydrazone groups is 1. The van der Waals surface area contributed by atoms with E-state index in [0.717, 1.165) is 21.0 Å². The number of rotatable bonds is 2. The Labute approximate surface area is 150 Å². The number of anilines is 1. The Morgan fingerprint density at radius 2 is 1.73 bits per heavy atom. The molecule has 1 spiro atoms. The van der Waals surface area contributed by atoms with Crippen molar-refractivity contribution in [2.45, 2.75) is 39.2 Å². The van der Waals surface area contributed by atoms with E-state index in [0.29, 0.717) is 5.69 Å². The van der Waals surface area contributed by atoms with E-state index >= 15 is 0 Å². The van der Waals surface area contributed by atoms with Crippen molar-refractivity contribution in [1.29, 1.82) is 0 Å². The molecule has 1 atom stereocenters. The van der Waals surface area contributed by atoms with E-state index < -0.39 is 29.2 Å². The zero-order chi connectivity index (χ0) is 19.2. The van der Waals surface area contributed by atoms with Crippen molar-refractivity contribution >= 4 is 35.1 Å². The van der Waals surface area contributed by atoms with Crippen LogP contribution in [0, 0.1) is 13.8 Å². The Morgan fingerprint density at radius 3 is 2.27 bits per heavy atom. The first-order chi connectivity index (χ1) is 12.2. The van der Waals surface area contributed by atoms with Crippen LogP contribution in [-0.2, 0) is 23.9 Å². The zero-order valence-corrected chi connectivity index (χ0v) is 15.0. The summed E-state index contributed by atoms with van der Waals surface area (Å²) in [5.41, 5.74) is 0.700. The summed E-state index contributed by atoms with van der Waals surface area (Å²) in [4.78, 5) is 50.9. The van der Waals surface area contributed by atoms with Crippen molar-refractivity contribution in [3.8, 4) is 0 Å². The van der Waals surface area contributed by atoms with Gasteiger partial charge in [-0.1, -0.05) is 6.07 Å². The van der Waals surface area contributed by atoms with Crippen LogP contribution in [0.5, 0.6) is 0 Å². The van der Waals surface area contributed by atoms with E-state index in [9.17, 15) is 19.2 Å². The molecule has 8 nitrogen and oxygen atoms in total. The second kappa shape index (κ2) is 6.05. The molecule has 0 N–H and O–H groups in total. The molecule has 0 bridgehead atoms. The van der Waals surface area contributed by atoms with Crippen LogP contribution in [0.2, 0.25) is 0 Å². The third-order valence-corrected chi connectivity index (χ3v) is 4.56. The lowest BCUT2D eigenvalue weighted by Crippen LogP contribution is -2.51. The number of methoxy groups -OCH3 is 1. The van der Waals surface area contributed by atoms with Crippen molar-refractivity contribution in [3.05, 3.63) is 29.3 Å². The molecule has 26 heavy (non-hydrogen) atoms. The number of benzene rings is 1. The Hall–Kier alpha value is -3.03. The fourth-order valence-corrected chi connectivity index (χ4v) is 3.58. The van der Waals surface area contributed by atoms with Crippen LogP contribution in [0.3, 0.4) is 0 Å². The number of imide groups is 1. The van der Waals surface area contributed by atoms with Crippen LogP contribution in [0.15, 0.2) is 23.3 Å². The van der Waals surface area contributed by atoms with Crippen molar-refractivity contribution in [2.24, 2.45) is 5.10 Å². The molecule has 2 aliphatic rings. The van der Waals surface area contributed by atoms with E-state index in [4.69, 9.17) is 0 Å². The maximum absolute atomic E-state index is 13.2. The van der Waals surface area contributed by atoms with Crippen LogP contribution >= 0.6 is 0 Å². The van der Waals surface area contributed by atoms with Gasteiger partial charge in [-0.15, -0.1) is 0 Å². The van der Waals surface area contributed by atoms with Crippen LogP contribution in [0.25, 0.3) is 0 Å². The lowest BCUT2D eigenvalue weighted by molar-refractivity contribution is -0.141. The van der Waals surface area contributed by atoms with E-state index in [2.05, 4.69) is 9.84 Å². The van der Waals surface area contributed by atoms with Crippen LogP contribution in [-0.4, -0.2) is 47.1 Å². The fraction of sp³-hybridized carbons (Fsp3) is 0.389. The lowest BCUT2D eigenvalue weighted by atomic mass is 9.91. The lowest BCUT2D eigenvalue weighted by Gasteiger charge is -2.29. The Kier molecular flexibility index (Phi) is 4.14. The molecule has 0 aliphatic carbocycles. The molecule has 8 heteroatoms. The zero-order valence-electron chi connectivity index (χ0n) is 15.0. The third kappa shape index (κ3) is 2.58. The average molecular weight is 357 g/mol. The minimum Gasteiger partial charge on any atom is -0.464 e. The van der Waals surface area contributed by atoms with Crippen LogP contribution in [0.4, 0.5) is 5.69 Å². The van der Waals surface area contributed by atoms with Gasteiger partial charge in [-0.3, -0.25) is 14.4 Å². The predicted octanol–water partition coefficient (Wildman–Crippen LogP) is 1.09. The maximum Gasteiger partial charge on any atom is 0.354 e. The Balaban J connectivity index is 2.04. The molecule has 1 aromatic carbocycles. The molecule has 0 radical (unpaired) electrons. The molecule has 0 aromatic heterocycles. The highest BCUT2D eigenvalue weighted by Gasteiger charge is 2.61. The summed E-state index contributed by atoms with van der Waals surface area (Å²) in [6.45, 7) is 4.98. The molecule has 0 unspecified atom stereocenters. The number of nitrogens with zero attached hydrogens (tertiary/aromatic N) is 3. The smallest absolute Gasteiger partial charge is 0.354 e. The van der Waals surface area contributed by atoms with Gasteiger partial charge >= 0.3 is 5.97 Å². The highest BCUT2D eigenvalue weighted by Crippen LogP contribution is 2.40. The summed E-state index contributed by atoms with van der Waals surface area (Å²) in [7, 11) is 1.19. The second-order valence-corrected chi connectivity index (χ2v) is 6.63. The topological polar surface area (TPSA) is 96.3 Å². The van der Waals surface area contributed by atoms with Crippen LogP contribution in [0.1, 0.15) is 30.9 Å². The molecule has 2 heterocycles. The summed E-state index contributed by atoms with van der Waals surface area (Å²) in [6, 6.07) is 5.40. The van der Waals surface area contributed by atoms with E-state index in [-0.39, 0.29) is 18.6 Å². The third-order valence-electron chi connectivity index (χ3n) is 4.56. The number of carbonyl (C=O) groups excluding carboxylic acids is 4. The van der Waals surface area contributed by atoms with Crippen molar-refractivity contribution in [3.63, 3.8) is 0 Å². The first kappa shape index (κ1) is 17.8. The molecular formula is C18H19N3O5. The summed E-state index contributed by atoms with van der Waals surface area (Å²) in [5, 5.41) is 4.91. The summed E-state index contributed by atoms with van der Waals surface area (Å²) < 4.78 is 4.65. The largest absolute Gasteiger partial charge is 0.464 e. The van der Waals surface area contributed by atoms with Gasteiger partial charge in [-0.2, -0.15) is 5.10 Å². The molecule has 2 aliphatic heterocycles. The van der Waals surface area contributed by atoms with Gasteiger partial charge in [0, 0.05) is 13.3 Å². The first-order valence-electron chi connectivity index (χ1n) is 8.12. The second-order valence-electron chi connectivity index (χ2n) is 6.63. The normalized spacial score (nSPS) is 22.2. The van der Waals surface area contributed by atoms with Gasteiger partial charge in [-0.05, 0) is 37.1 Å².